The number of para-hydroxylation sites is 2. The number of nitro benzene ring substituents is 1. The van der Waals surface area contributed by atoms with Gasteiger partial charge in [-0.25, -0.2) is 4.79 Å². The Bertz CT molecular complexity index is 666. The molecule has 104 valence electrons. The molecule has 0 amide bonds. The zero-order chi connectivity index (χ0) is 14.7. The van der Waals surface area contributed by atoms with E-state index in [9.17, 15) is 14.9 Å². The molecule has 0 aliphatic heterocycles. The molecule has 0 saturated carbocycles. The average molecular weight is 292 g/mol. The molecular formula is C13H12N2O4S. The third-order valence-electron chi connectivity index (χ3n) is 2.61. The lowest BCUT2D eigenvalue weighted by molar-refractivity contribution is -0.383. The van der Waals surface area contributed by atoms with Crippen molar-refractivity contribution in [3.63, 3.8) is 0 Å². The second kappa shape index (κ2) is 5.70. The minimum Gasteiger partial charge on any atom is -0.465 e. The number of nitrogens with zero attached hydrogens (tertiary/aromatic N) is 1. The molecule has 0 atom stereocenters. The first-order valence-electron chi connectivity index (χ1n) is 5.72. The van der Waals surface area contributed by atoms with Crippen molar-refractivity contribution in [2.45, 2.75) is 6.92 Å². The van der Waals surface area contributed by atoms with Crippen molar-refractivity contribution in [2.24, 2.45) is 0 Å². The largest absolute Gasteiger partial charge is 0.465 e. The van der Waals surface area contributed by atoms with Crippen LogP contribution in [0.2, 0.25) is 0 Å². The number of hydrogen-bond donors (Lipinski definition) is 1. The summed E-state index contributed by atoms with van der Waals surface area (Å²) < 4.78 is 4.70. The first-order chi connectivity index (χ1) is 9.52. The predicted octanol–water partition coefficient (Wildman–Crippen LogP) is 3.49. The van der Waals surface area contributed by atoms with Crippen molar-refractivity contribution in [3.05, 3.63) is 50.9 Å². The van der Waals surface area contributed by atoms with Crippen LogP contribution in [-0.2, 0) is 4.74 Å². The molecule has 0 fully saturated rings. The second-order valence-electron chi connectivity index (χ2n) is 3.99. The van der Waals surface area contributed by atoms with Gasteiger partial charge < -0.3 is 10.1 Å². The smallest absolute Gasteiger partial charge is 0.340 e. The van der Waals surface area contributed by atoms with Gasteiger partial charge in [0.05, 0.1) is 17.6 Å². The van der Waals surface area contributed by atoms with Gasteiger partial charge in [0, 0.05) is 10.9 Å². The molecule has 1 heterocycles. The molecule has 0 saturated heterocycles. The van der Waals surface area contributed by atoms with E-state index in [1.807, 2.05) is 6.92 Å². The maximum atomic E-state index is 11.7. The highest BCUT2D eigenvalue weighted by molar-refractivity contribution is 7.16. The van der Waals surface area contributed by atoms with Gasteiger partial charge in [0.2, 0.25) is 0 Å². The summed E-state index contributed by atoms with van der Waals surface area (Å²) in [6, 6.07) is 7.96. The quantitative estimate of drug-likeness (QED) is 0.530. The van der Waals surface area contributed by atoms with Gasteiger partial charge in [0.15, 0.2) is 0 Å². The fraction of sp³-hybridized carbons (Fsp3) is 0.154. The fourth-order valence-electron chi connectivity index (χ4n) is 1.73. The molecule has 0 aliphatic rings. The van der Waals surface area contributed by atoms with Gasteiger partial charge in [-0.05, 0) is 19.1 Å². The first-order valence-corrected chi connectivity index (χ1v) is 6.53. The first kappa shape index (κ1) is 14.0. The lowest BCUT2D eigenvalue weighted by Crippen LogP contribution is -2.03. The number of esters is 1. The zero-order valence-electron chi connectivity index (χ0n) is 10.9. The number of methoxy groups -OCH3 is 1. The molecule has 1 N–H and O–H groups in total. The van der Waals surface area contributed by atoms with Gasteiger partial charge in [-0.2, -0.15) is 0 Å². The Morgan fingerprint density at radius 2 is 2.10 bits per heavy atom. The van der Waals surface area contributed by atoms with E-state index in [4.69, 9.17) is 4.74 Å². The van der Waals surface area contributed by atoms with Crippen LogP contribution in [0.5, 0.6) is 0 Å². The number of aryl methyl sites for hydroxylation is 1. The molecule has 20 heavy (non-hydrogen) atoms. The number of nitro groups is 1. The van der Waals surface area contributed by atoms with E-state index in [1.54, 1.807) is 24.3 Å². The molecule has 0 radical (unpaired) electrons. The lowest BCUT2D eigenvalue weighted by Gasteiger charge is -2.06. The Kier molecular flexibility index (Phi) is 3.99. The summed E-state index contributed by atoms with van der Waals surface area (Å²) in [7, 11) is 1.30. The highest BCUT2D eigenvalue weighted by Crippen LogP contribution is 2.34. The van der Waals surface area contributed by atoms with Crippen molar-refractivity contribution >= 4 is 33.7 Å². The number of carbonyl (C=O) groups is 1. The van der Waals surface area contributed by atoms with Crippen molar-refractivity contribution in [1.82, 2.24) is 0 Å². The van der Waals surface area contributed by atoms with Crippen molar-refractivity contribution in [3.8, 4) is 0 Å². The minimum atomic E-state index is -0.476. The van der Waals surface area contributed by atoms with Gasteiger partial charge in [-0.15, -0.1) is 11.3 Å². The number of benzene rings is 1. The summed E-state index contributed by atoms with van der Waals surface area (Å²) >= 11 is 1.34. The Balaban J connectivity index is 2.40. The Hall–Kier alpha value is -2.41. The van der Waals surface area contributed by atoms with Crippen LogP contribution in [0.4, 0.5) is 16.4 Å². The Morgan fingerprint density at radius 3 is 2.75 bits per heavy atom. The third-order valence-corrected chi connectivity index (χ3v) is 3.58. The molecule has 0 unspecified atom stereocenters. The van der Waals surface area contributed by atoms with Crippen LogP contribution in [0.15, 0.2) is 30.3 Å². The molecule has 2 aromatic rings. The van der Waals surface area contributed by atoms with Gasteiger partial charge in [-0.1, -0.05) is 12.1 Å². The van der Waals surface area contributed by atoms with Gasteiger partial charge in [0.25, 0.3) is 5.69 Å². The monoisotopic (exact) mass is 292 g/mol. The minimum absolute atomic E-state index is 0.0469. The number of nitrogens with one attached hydrogen (secondary N) is 1. The molecule has 1 aromatic carbocycles. The Morgan fingerprint density at radius 1 is 1.40 bits per heavy atom. The molecule has 0 spiro atoms. The summed E-state index contributed by atoms with van der Waals surface area (Å²) in [5, 5.41) is 14.4. The van der Waals surface area contributed by atoms with Crippen LogP contribution in [0.3, 0.4) is 0 Å². The van der Waals surface area contributed by atoms with Crippen LogP contribution < -0.4 is 5.32 Å². The van der Waals surface area contributed by atoms with Gasteiger partial charge >= 0.3 is 5.97 Å². The fourth-order valence-corrected chi connectivity index (χ4v) is 2.64. The lowest BCUT2D eigenvalue weighted by atomic mass is 10.2. The Labute approximate surface area is 119 Å². The molecule has 6 nitrogen and oxygen atoms in total. The number of anilines is 2. The van der Waals surface area contributed by atoms with Crippen LogP contribution in [-0.4, -0.2) is 18.0 Å². The molecule has 0 bridgehead atoms. The van der Waals surface area contributed by atoms with E-state index >= 15 is 0 Å². The van der Waals surface area contributed by atoms with Crippen LogP contribution >= 0.6 is 11.3 Å². The maximum Gasteiger partial charge on any atom is 0.340 e. The summed E-state index contributed by atoms with van der Waals surface area (Å²) in [6.45, 7) is 1.85. The van der Waals surface area contributed by atoms with Crippen molar-refractivity contribution in [2.75, 3.05) is 12.4 Å². The summed E-state index contributed by atoms with van der Waals surface area (Å²) in [4.78, 5) is 23.1. The molecular weight excluding hydrogens is 280 g/mol. The third kappa shape index (κ3) is 2.77. The van der Waals surface area contributed by atoms with E-state index in [0.29, 0.717) is 16.3 Å². The van der Waals surface area contributed by atoms with Crippen LogP contribution in [0.1, 0.15) is 15.2 Å². The van der Waals surface area contributed by atoms with Crippen molar-refractivity contribution < 1.29 is 14.5 Å². The highest BCUT2D eigenvalue weighted by Gasteiger charge is 2.19. The van der Waals surface area contributed by atoms with E-state index in [-0.39, 0.29) is 5.69 Å². The number of thiophene rings is 1. The molecule has 1 aromatic heterocycles. The molecule has 0 aliphatic carbocycles. The van der Waals surface area contributed by atoms with E-state index in [2.05, 4.69) is 5.32 Å². The van der Waals surface area contributed by atoms with Gasteiger partial charge in [-0.3, -0.25) is 10.1 Å². The average Bonchev–Trinajstić information content (AvgIpc) is 2.79. The van der Waals surface area contributed by atoms with E-state index in [1.165, 1.54) is 24.5 Å². The summed E-state index contributed by atoms with van der Waals surface area (Å²) in [5.74, 6) is -0.476. The zero-order valence-corrected chi connectivity index (χ0v) is 11.7. The summed E-state index contributed by atoms with van der Waals surface area (Å²) in [5.41, 5.74) is 0.659. The van der Waals surface area contributed by atoms with E-state index in [0.717, 1.165) is 4.88 Å². The standard InChI is InChI=1S/C13H12N2O4S/c1-8-7-9(13(16)19-2)12(20-8)14-10-5-3-4-6-11(10)15(17)18/h3-7,14H,1-2H3. The molecule has 2 rings (SSSR count). The maximum absolute atomic E-state index is 11.7. The normalized spacial score (nSPS) is 10.1. The van der Waals surface area contributed by atoms with Crippen LogP contribution in [0.25, 0.3) is 0 Å². The van der Waals surface area contributed by atoms with Gasteiger partial charge in [0.1, 0.15) is 10.7 Å². The predicted molar refractivity (Wildman–Crippen MR) is 76.8 cm³/mol. The van der Waals surface area contributed by atoms with Crippen LogP contribution in [0, 0.1) is 17.0 Å². The van der Waals surface area contributed by atoms with E-state index < -0.39 is 10.9 Å². The number of hydrogen-bond acceptors (Lipinski definition) is 6. The number of ether oxygens (including phenoxy) is 1. The summed E-state index contributed by atoms with van der Waals surface area (Å²) in [6.07, 6.45) is 0. The SMILES string of the molecule is COC(=O)c1cc(C)sc1Nc1ccccc1[N+](=O)[O-]. The second-order valence-corrected chi connectivity index (χ2v) is 5.25. The molecule has 7 heteroatoms. The highest BCUT2D eigenvalue weighted by atomic mass is 32.1. The number of rotatable bonds is 4. The van der Waals surface area contributed by atoms with Crippen molar-refractivity contribution in [1.29, 1.82) is 0 Å². The number of carbonyl (C=O) groups excluding carboxylic acids is 1. The topological polar surface area (TPSA) is 81.5 Å².